The summed E-state index contributed by atoms with van der Waals surface area (Å²) < 4.78 is 26.1. The molecule has 0 saturated carbocycles. The number of carbonyl (C=O) groups is 1. The lowest BCUT2D eigenvalue weighted by Gasteiger charge is -2.47. The fourth-order valence-corrected chi connectivity index (χ4v) is 3.68. The summed E-state index contributed by atoms with van der Waals surface area (Å²) in [5, 5.41) is 13.6. The van der Waals surface area contributed by atoms with Gasteiger partial charge in [0.15, 0.2) is 11.7 Å². The Morgan fingerprint density at radius 1 is 1.41 bits per heavy atom. The topological polar surface area (TPSA) is 96.3 Å². The number of halogens is 2. The molecule has 27 heavy (non-hydrogen) atoms. The molecule has 2 aromatic rings. The number of nitrogens with zero attached hydrogens (tertiary/aromatic N) is 1. The SMILES string of the molecule is N=C1NC(=O)C2CCOC[C@]2(c2cc(Oc3cnccc3Cl)ccc2F)N1. The fraction of sp³-hybridized carbons (Fsp3) is 0.278. The Hall–Kier alpha value is -2.71. The maximum atomic E-state index is 14.8. The number of aromatic nitrogens is 1. The number of amides is 1. The van der Waals surface area contributed by atoms with Crippen molar-refractivity contribution in [2.75, 3.05) is 13.2 Å². The lowest BCUT2D eigenvalue weighted by Crippen LogP contribution is -2.68. The van der Waals surface area contributed by atoms with E-state index in [0.29, 0.717) is 29.5 Å². The zero-order valence-electron chi connectivity index (χ0n) is 14.1. The molecule has 1 unspecified atom stereocenters. The van der Waals surface area contributed by atoms with Crippen LogP contribution in [0.2, 0.25) is 5.02 Å². The average Bonchev–Trinajstić information content (AvgIpc) is 2.65. The number of nitrogens with one attached hydrogen (secondary N) is 3. The van der Waals surface area contributed by atoms with Crippen LogP contribution in [-0.4, -0.2) is 30.1 Å². The van der Waals surface area contributed by atoms with Crippen LogP contribution in [0.1, 0.15) is 12.0 Å². The third-order valence-electron chi connectivity index (χ3n) is 4.77. The number of ether oxygens (including phenoxy) is 2. The van der Waals surface area contributed by atoms with E-state index < -0.39 is 17.3 Å². The molecular weight excluding hydrogens is 375 g/mol. The van der Waals surface area contributed by atoms with Crippen molar-refractivity contribution in [1.29, 1.82) is 5.41 Å². The van der Waals surface area contributed by atoms with Gasteiger partial charge in [0, 0.05) is 18.4 Å². The van der Waals surface area contributed by atoms with Gasteiger partial charge in [0.1, 0.15) is 17.1 Å². The highest BCUT2D eigenvalue weighted by Crippen LogP contribution is 2.41. The van der Waals surface area contributed by atoms with E-state index in [1.165, 1.54) is 30.6 Å². The van der Waals surface area contributed by atoms with E-state index in [2.05, 4.69) is 15.6 Å². The molecule has 2 atom stereocenters. The van der Waals surface area contributed by atoms with Crippen molar-refractivity contribution in [3.8, 4) is 11.5 Å². The van der Waals surface area contributed by atoms with Crippen LogP contribution in [0, 0.1) is 17.1 Å². The Labute approximate surface area is 159 Å². The highest BCUT2D eigenvalue weighted by molar-refractivity contribution is 6.32. The summed E-state index contributed by atoms with van der Waals surface area (Å²) in [6.07, 6.45) is 3.40. The molecule has 9 heteroatoms. The molecule has 2 aliphatic rings. The zero-order valence-corrected chi connectivity index (χ0v) is 14.8. The molecule has 0 spiro atoms. The number of rotatable bonds is 3. The summed E-state index contributed by atoms with van der Waals surface area (Å²) in [7, 11) is 0. The minimum atomic E-state index is -1.18. The molecule has 7 nitrogen and oxygen atoms in total. The maximum Gasteiger partial charge on any atom is 0.232 e. The van der Waals surface area contributed by atoms with Gasteiger partial charge < -0.3 is 14.8 Å². The molecule has 1 aromatic heterocycles. The maximum absolute atomic E-state index is 14.8. The van der Waals surface area contributed by atoms with E-state index in [-0.39, 0.29) is 24.0 Å². The molecule has 2 aliphatic heterocycles. The van der Waals surface area contributed by atoms with Crippen molar-refractivity contribution < 1.29 is 18.7 Å². The monoisotopic (exact) mass is 390 g/mol. The Balaban J connectivity index is 1.76. The lowest BCUT2D eigenvalue weighted by atomic mass is 9.73. The van der Waals surface area contributed by atoms with Gasteiger partial charge in [-0.15, -0.1) is 0 Å². The van der Waals surface area contributed by atoms with E-state index in [1.54, 1.807) is 6.07 Å². The van der Waals surface area contributed by atoms with Crippen molar-refractivity contribution in [2.24, 2.45) is 5.92 Å². The molecule has 1 aromatic carbocycles. The molecule has 140 valence electrons. The van der Waals surface area contributed by atoms with E-state index in [9.17, 15) is 9.18 Å². The molecule has 0 bridgehead atoms. The number of guanidine groups is 1. The highest BCUT2D eigenvalue weighted by atomic mass is 35.5. The summed E-state index contributed by atoms with van der Waals surface area (Å²) in [5.41, 5.74) is -0.982. The summed E-state index contributed by atoms with van der Waals surface area (Å²) in [6.45, 7) is 0.444. The minimum absolute atomic E-state index is 0.0570. The third kappa shape index (κ3) is 3.11. The van der Waals surface area contributed by atoms with Crippen LogP contribution in [0.3, 0.4) is 0 Å². The summed E-state index contributed by atoms with van der Waals surface area (Å²) in [4.78, 5) is 16.4. The van der Waals surface area contributed by atoms with Gasteiger partial charge in [-0.1, -0.05) is 11.6 Å². The predicted octanol–water partition coefficient (Wildman–Crippen LogP) is 2.55. The van der Waals surface area contributed by atoms with Gasteiger partial charge in [-0.3, -0.25) is 20.5 Å². The van der Waals surface area contributed by atoms with Crippen molar-refractivity contribution in [2.45, 2.75) is 12.0 Å². The van der Waals surface area contributed by atoms with Crippen LogP contribution >= 0.6 is 11.6 Å². The largest absolute Gasteiger partial charge is 0.454 e. The Kier molecular flexibility index (Phi) is 4.45. The third-order valence-corrected chi connectivity index (χ3v) is 5.08. The highest BCUT2D eigenvalue weighted by Gasteiger charge is 2.52. The first-order valence-corrected chi connectivity index (χ1v) is 8.70. The molecule has 4 rings (SSSR count). The fourth-order valence-electron chi connectivity index (χ4n) is 3.53. The number of fused-ring (bicyclic) bond motifs is 1. The first-order valence-electron chi connectivity index (χ1n) is 8.32. The first-order chi connectivity index (χ1) is 13.0. The number of benzene rings is 1. The van der Waals surface area contributed by atoms with Gasteiger partial charge in [-0.2, -0.15) is 0 Å². The van der Waals surface area contributed by atoms with E-state index in [1.807, 2.05) is 0 Å². The molecular formula is C18H16ClFN4O3. The number of hydrogen-bond acceptors (Lipinski definition) is 5. The van der Waals surface area contributed by atoms with Crippen LogP contribution in [0.25, 0.3) is 0 Å². The van der Waals surface area contributed by atoms with Gasteiger partial charge in [0.25, 0.3) is 0 Å². The van der Waals surface area contributed by atoms with E-state index in [0.717, 1.165) is 0 Å². The summed E-state index contributed by atoms with van der Waals surface area (Å²) in [6, 6.07) is 5.80. The van der Waals surface area contributed by atoms with Gasteiger partial charge in [0.05, 0.1) is 23.7 Å². The molecule has 2 fully saturated rings. The van der Waals surface area contributed by atoms with Crippen LogP contribution in [0.4, 0.5) is 4.39 Å². The number of hydrogen-bond donors (Lipinski definition) is 3. The smallest absolute Gasteiger partial charge is 0.232 e. The van der Waals surface area contributed by atoms with Crippen molar-refractivity contribution in [3.63, 3.8) is 0 Å². The minimum Gasteiger partial charge on any atom is -0.454 e. The number of carbonyl (C=O) groups excluding carboxylic acids is 1. The van der Waals surface area contributed by atoms with Crippen molar-refractivity contribution in [3.05, 3.63) is 53.1 Å². The molecule has 2 saturated heterocycles. The number of pyridine rings is 1. The molecule has 0 aliphatic carbocycles. The van der Waals surface area contributed by atoms with Gasteiger partial charge in [-0.25, -0.2) is 4.39 Å². The molecule has 1 amide bonds. The van der Waals surface area contributed by atoms with Gasteiger partial charge >= 0.3 is 0 Å². The Morgan fingerprint density at radius 3 is 3.07 bits per heavy atom. The summed E-state index contributed by atoms with van der Waals surface area (Å²) in [5.74, 6) is -0.963. The standard InChI is InChI=1S/C18H16ClFN4O3/c19-13-3-5-22-8-15(13)27-10-1-2-14(20)12(7-10)18-9-26-6-4-11(18)16(25)23-17(21)24-18/h1-3,5,7-8,11H,4,6,9H2,(H3,21,23,24,25)/t11?,18-/m0/s1. The zero-order chi connectivity index (χ0) is 19.0. The molecule has 3 heterocycles. The van der Waals surface area contributed by atoms with Crippen LogP contribution in [-0.2, 0) is 15.1 Å². The second kappa shape index (κ2) is 6.79. The quantitative estimate of drug-likeness (QED) is 0.748. The molecule has 3 N–H and O–H groups in total. The van der Waals surface area contributed by atoms with Crippen LogP contribution in [0.5, 0.6) is 11.5 Å². The van der Waals surface area contributed by atoms with Crippen LogP contribution < -0.4 is 15.4 Å². The first kappa shape index (κ1) is 17.7. The lowest BCUT2D eigenvalue weighted by molar-refractivity contribution is -0.134. The van der Waals surface area contributed by atoms with Gasteiger partial charge in [-0.05, 0) is 30.7 Å². The van der Waals surface area contributed by atoms with Gasteiger partial charge in [0.2, 0.25) is 5.91 Å². The van der Waals surface area contributed by atoms with E-state index in [4.69, 9.17) is 26.5 Å². The Bertz CT molecular complexity index is 925. The van der Waals surface area contributed by atoms with Crippen molar-refractivity contribution in [1.82, 2.24) is 15.6 Å². The van der Waals surface area contributed by atoms with Crippen LogP contribution in [0.15, 0.2) is 36.7 Å². The Morgan fingerprint density at radius 2 is 2.26 bits per heavy atom. The molecule has 0 radical (unpaired) electrons. The average molecular weight is 391 g/mol. The normalized spacial score (nSPS) is 24.6. The van der Waals surface area contributed by atoms with Crippen molar-refractivity contribution >= 4 is 23.5 Å². The second-order valence-corrected chi connectivity index (χ2v) is 6.81. The van der Waals surface area contributed by atoms with E-state index >= 15 is 0 Å². The summed E-state index contributed by atoms with van der Waals surface area (Å²) >= 11 is 6.09. The second-order valence-electron chi connectivity index (χ2n) is 6.40. The predicted molar refractivity (Wildman–Crippen MR) is 95.3 cm³/mol.